The molecule has 3 rings (SSSR count). The Morgan fingerprint density at radius 1 is 0.714 bits per heavy atom. The molecule has 0 nitrogen and oxygen atoms in total. The number of benzene rings is 2. The lowest BCUT2D eigenvalue weighted by atomic mass is 10.1. The molecule has 106 valence electrons. The van der Waals surface area contributed by atoms with Gasteiger partial charge in [-0.3, -0.25) is 0 Å². The van der Waals surface area contributed by atoms with Crippen LogP contribution < -0.4 is 24.0 Å². The van der Waals surface area contributed by atoms with Crippen LogP contribution in [-0.4, -0.2) is 6.26 Å². The highest BCUT2D eigenvalue weighted by molar-refractivity contribution is 8.00. The van der Waals surface area contributed by atoms with Gasteiger partial charge in [0.2, 0.25) is 16.2 Å². The first kappa shape index (κ1) is 16.5. The van der Waals surface area contributed by atoms with E-state index in [9.17, 15) is 0 Å². The molecule has 0 saturated heterocycles. The van der Waals surface area contributed by atoms with E-state index < -0.39 is 0 Å². The Labute approximate surface area is 151 Å². The third-order valence-electron chi connectivity index (χ3n) is 3.14. The quantitative estimate of drug-likeness (QED) is 0.355. The molecular weight excluding hydrogens is 407 g/mol. The summed E-state index contributed by atoms with van der Waals surface area (Å²) in [5, 5.41) is 0. The van der Waals surface area contributed by atoms with E-state index in [-0.39, 0.29) is 24.0 Å². The molecule has 0 saturated carbocycles. The minimum Gasteiger partial charge on any atom is -1.00 e. The molecule has 0 atom stereocenters. The summed E-state index contributed by atoms with van der Waals surface area (Å²) in [6, 6.07) is 25.7. The van der Waals surface area contributed by atoms with E-state index in [0.29, 0.717) is 0 Å². The Morgan fingerprint density at radius 3 is 1.86 bits per heavy atom. The standard InChI is InChI=1S/C18H15S2.HI/c1-19-18-13-16(14-8-4-2-5-9-14)12-17(20-18)15-10-6-3-7-11-15;/h2-13H,1H3;1H/q+1;/p-1. The predicted molar refractivity (Wildman–Crippen MR) is 91.4 cm³/mol. The molecule has 1 aromatic heterocycles. The van der Waals surface area contributed by atoms with Crippen molar-refractivity contribution >= 4 is 23.1 Å². The third-order valence-corrected chi connectivity index (χ3v) is 5.30. The van der Waals surface area contributed by atoms with Crippen LogP contribution in [0.3, 0.4) is 0 Å². The van der Waals surface area contributed by atoms with E-state index in [1.807, 2.05) is 11.3 Å². The van der Waals surface area contributed by atoms with Crippen molar-refractivity contribution in [3.05, 3.63) is 72.8 Å². The lowest BCUT2D eigenvalue weighted by Crippen LogP contribution is -3.00. The second-order valence-corrected chi connectivity index (χ2v) is 6.66. The Morgan fingerprint density at radius 2 is 1.29 bits per heavy atom. The van der Waals surface area contributed by atoms with E-state index in [2.05, 4.69) is 79.1 Å². The highest BCUT2D eigenvalue weighted by atomic mass is 127. The molecular formula is C18H15IS2. The number of hydrogen-bond acceptors (Lipinski definition) is 1. The molecule has 0 N–H and O–H groups in total. The van der Waals surface area contributed by atoms with Gasteiger partial charge in [-0.25, -0.2) is 0 Å². The van der Waals surface area contributed by atoms with Crippen molar-refractivity contribution in [2.45, 2.75) is 4.21 Å². The van der Waals surface area contributed by atoms with Crippen molar-refractivity contribution in [1.29, 1.82) is 0 Å². The highest BCUT2D eigenvalue weighted by Crippen LogP contribution is 2.35. The maximum Gasteiger partial charge on any atom is 0.265 e. The van der Waals surface area contributed by atoms with Gasteiger partial charge in [0.25, 0.3) is 4.21 Å². The highest BCUT2D eigenvalue weighted by Gasteiger charge is 2.16. The van der Waals surface area contributed by atoms with Gasteiger partial charge in [-0.15, -0.1) is 0 Å². The maximum atomic E-state index is 2.29. The number of rotatable bonds is 3. The minimum absolute atomic E-state index is 0. The molecule has 0 aliphatic rings. The third kappa shape index (κ3) is 4.05. The topological polar surface area (TPSA) is 0 Å². The molecule has 0 unspecified atom stereocenters. The van der Waals surface area contributed by atoms with Crippen molar-refractivity contribution in [2.24, 2.45) is 0 Å². The molecule has 0 aliphatic carbocycles. The molecule has 0 aliphatic heterocycles. The van der Waals surface area contributed by atoms with Gasteiger partial charge in [0.05, 0.1) is 0 Å². The molecule has 1 heterocycles. The van der Waals surface area contributed by atoms with E-state index in [4.69, 9.17) is 0 Å². The van der Waals surface area contributed by atoms with Gasteiger partial charge in [-0.2, -0.15) is 0 Å². The molecule has 3 aromatic rings. The van der Waals surface area contributed by atoms with E-state index in [1.54, 1.807) is 11.8 Å². The van der Waals surface area contributed by atoms with Gasteiger partial charge in [0.15, 0.2) is 0 Å². The summed E-state index contributed by atoms with van der Waals surface area (Å²) in [4.78, 5) is 1.32. The molecule has 0 spiro atoms. The van der Waals surface area contributed by atoms with E-state index in [1.165, 1.54) is 25.8 Å². The first-order valence-corrected chi connectivity index (χ1v) is 8.54. The summed E-state index contributed by atoms with van der Waals surface area (Å²) in [7, 11) is 0. The molecule has 0 fully saturated rings. The average Bonchev–Trinajstić information content (AvgIpc) is 2.56. The fourth-order valence-electron chi connectivity index (χ4n) is 2.12. The largest absolute Gasteiger partial charge is 1.00 e. The van der Waals surface area contributed by atoms with Gasteiger partial charge in [-0.05, 0) is 29.5 Å². The molecule has 21 heavy (non-hydrogen) atoms. The second kappa shape index (κ2) is 7.92. The van der Waals surface area contributed by atoms with Crippen molar-refractivity contribution in [3.63, 3.8) is 0 Å². The van der Waals surface area contributed by atoms with Crippen LogP contribution >= 0.6 is 23.1 Å². The summed E-state index contributed by atoms with van der Waals surface area (Å²) in [6.45, 7) is 0. The summed E-state index contributed by atoms with van der Waals surface area (Å²) < 4.78 is 1.34. The van der Waals surface area contributed by atoms with Gasteiger partial charge < -0.3 is 24.0 Å². The molecule has 3 heteroatoms. The van der Waals surface area contributed by atoms with Crippen LogP contribution in [0.5, 0.6) is 0 Å². The van der Waals surface area contributed by atoms with Crippen LogP contribution in [0.1, 0.15) is 0 Å². The van der Waals surface area contributed by atoms with E-state index in [0.717, 1.165) is 0 Å². The summed E-state index contributed by atoms with van der Waals surface area (Å²) in [6.07, 6.45) is 2.13. The monoisotopic (exact) mass is 422 g/mol. The lowest BCUT2D eigenvalue weighted by Gasteiger charge is -2.01. The number of thioether (sulfide) groups is 1. The Bertz CT molecular complexity index is 639. The fourth-order valence-corrected chi connectivity index (χ4v) is 3.81. The van der Waals surface area contributed by atoms with Crippen LogP contribution in [0.25, 0.3) is 21.6 Å². The Balaban J connectivity index is 0.00000161. The zero-order valence-electron chi connectivity index (χ0n) is 11.6. The van der Waals surface area contributed by atoms with Gasteiger partial charge in [0, 0.05) is 17.7 Å². The molecule has 0 bridgehead atoms. The lowest BCUT2D eigenvalue weighted by molar-refractivity contribution is -0.00000379. The van der Waals surface area contributed by atoms with Crippen molar-refractivity contribution in [1.82, 2.24) is 0 Å². The molecule has 0 radical (unpaired) electrons. The van der Waals surface area contributed by atoms with Crippen LogP contribution in [0.2, 0.25) is 0 Å². The first-order chi connectivity index (χ1) is 9.86. The minimum atomic E-state index is 0. The fraction of sp³-hybridized carbons (Fsp3) is 0.0556. The van der Waals surface area contributed by atoms with Gasteiger partial charge in [0.1, 0.15) is 0 Å². The SMILES string of the molecule is CSc1cc(-c2ccccc2)cc(-c2ccccc2)[s+]1.[I-]. The zero-order valence-corrected chi connectivity index (χ0v) is 15.4. The second-order valence-electron chi connectivity index (χ2n) is 4.47. The molecule has 0 amide bonds. The van der Waals surface area contributed by atoms with Gasteiger partial charge >= 0.3 is 0 Å². The number of hydrogen-bond donors (Lipinski definition) is 0. The predicted octanol–water partition coefficient (Wildman–Crippen LogP) is 3.09. The Hall–Kier alpha value is -0.910. The van der Waals surface area contributed by atoms with Crippen molar-refractivity contribution < 1.29 is 24.0 Å². The van der Waals surface area contributed by atoms with Crippen LogP contribution in [0, 0.1) is 0 Å². The van der Waals surface area contributed by atoms with E-state index >= 15 is 0 Å². The van der Waals surface area contributed by atoms with Crippen LogP contribution in [0.15, 0.2) is 77.0 Å². The van der Waals surface area contributed by atoms with Crippen LogP contribution in [-0.2, 0) is 0 Å². The van der Waals surface area contributed by atoms with Crippen LogP contribution in [0.4, 0.5) is 0 Å². The maximum absolute atomic E-state index is 2.29. The summed E-state index contributed by atoms with van der Waals surface area (Å²) in [5.74, 6) is 0. The van der Waals surface area contributed by atoms with Crippen molar-refractivity contribution in [3.8, 4) is 21.6 Å². The average molecular weight is 422 g/mol. The summed E-state index contributed by atoms with van der Waals surface area (Å²) >= 11 is 3.65. The first-order valence-electron chi connectivity index (χ1n) is 6.50. The Kier molecular flexibility index (Phi) is 6.21. The van der Waals surface area contributed by atoms with Gasteiger partial charge in [-0.1, -0.05) is 60.3 Å². The number of halogens is 1. The smallest absolute Gasteiger partial charge is 0.265 e. The summed E-state index contributed by atoms with van der Waals surface area (Å²) in [5.41, 5.74) is 3.84. The van der Waals surface area contributed by atoms with Crippen molar-refractivity contribution in [2.75, 3.05) is 6.26 Å². The normalized spacial score (nSPS) is 9.95. The molecule has 2 aromatic carbocycles. The zero-order chi connectivity index (χ0) is 13.8.